The van der Waals surface area contributed by atoms with E-state index in [0.29, 0.717) is 48.7 Å². The standard InChI is InChI=1S/C22H25FN2O4/c1-14(26)21-17(23)5-4-6-18(21)24-16-9-11-25(12-10-16)22(27)15-7-8-19(28-2)20(13-15)29-3/h4-8,13,16,24H,9-12H2,1-3H3. The van der Waals surface area contributed by atoms with E-state index in [4.69, 9.17) is 9.47 Å². The zero-order chi connectivity index (χ0) is 21.0. The minimum atomic E-state index is -0.524. The van der Waals surface area contributed by atoms with Gasteiger partial charge in [-0.25, -0.2) is 4.39 Å². The Morgan fingerprint density at radius 3 is 2.38 bits per heavy atom. The van der Waals surface area contributed by atoms with Crippen LogP contribution in [-0.4, -0.2) is 49.9 Å². The van der Waals surface area contributed by atoms with Crippen LogP contribution in [-0.2, 0) is 0 Å². The van der Waals surface area contributed by atoms with Crippen LogP contribution in [0.25, 0.3) is 0 Å². The maximum Gasteiger partial charge on any atom is 0.253 e. The van der Waals surface area contributed by atoms with Gasteiger partial charge in [0, 0.05) is 30.4 Å². The first kappa shape index (κ1) is 20.6. The Labute approximate surface area is 169 Å². The zero-order valence-corrected chi connectivity index (χ0v) is 16.8. The van der Waals surface area contributed by atoms with Crippen molar-refractivity contribution in [3.05, 3.63) is 53.3 Å². The average molecular weight is 400 g/mol. The molecular weight excluding hydrogens is 375 g/mol. The highest BCUT2D eigenvalue weighted by atomic mass is 19.1. The molecule has 0 bridgehead atoms. The van der Waals surface area contributed by atoms with Crippen LogP contribution in [0.3, 0.4) is 0 Å². The molecular formula is C22H25FN2O4. The lowest BCUT2D eigenvalue weighted by atomic mass is 10.0. The third-order valence-corrected chi connectivity index (χ3v) is 5.14. The molecule has 3 rings (SSSR count). The van der Waals surface area contributed by atoms with Crippen LogP contribution >= 0.6 is 0 Å². The van der Waals surface area contributed by atoms with Crippen molar-refractivity contribution in [1.29, 1.82) is 0 Å². The summed E-state index contributed by atoms with van der Waals surface area (Å²) in [4.78, 5) is 26.4. The summed E-state index contributed by atoms with van der Waals surface area (Å²) in [5.74, 6) is 0.177. The lowest BCUT2D eigenvalue weighted by Gasteiger charge is -2.33. The van der Waals surface area contributed by atoms with Crippen molar-refractivity contribution in [3.8, 4) is 11.5 Å². The van der Waals surface area contributed by atoms with Crippen LogP contribution in [0, 0.1) is 5.82 Å². The Morgan fingerprint density at radius 2 is 1.76 bits per heavy atom. The maximum atomic E-state index is 14.0. The number of hydrogen-bond donors (Lipinski definition) is 1. The van der Waals surface area contributed by atoms with Gasteiger partial charge >= 0.3 is 0 Å². The van der Waals surface area contributed by atoms with Crippen molar-refractivity contribution in [3.63, 3.8) is 0 Å². The number of nitrogens with one attached hydrogen (secondary N) is 1. The van der Waals surface area contributed by atoms with Gasteiger partial charge in [-0.3, -0.25) is 9.59 Å². The van der Waals surface area contributed by atoms with Crippen molar-refractivity contribution < 1.29 is 23.5 Å². The Kier molecular flexibility index (Phi) is 6.36. The summed E-state index contributed by atoms with van der Waals surface area (Å²) in [5.41, 5.74) is 1.12. The second-order valence-corrected chi connectivity index (χ2v) is 7.00. The predicted octanol–water partition coefficient (Wildman–Crippen LogP) is 3.76. The van der Waals surface area contributed by atoms with Gasteiger partial charge in [-0.2, -0.15) is 0 Å². The normalized spacial score (nSPS) is 14.4. The van der Waals surface area contributed by atoms with Gasteiger partial charge in [0.15, 0.2) is 17.3 Å². The number of ether oxygens (including phenoxy) is 2. The average Bonchev–Trinajstić information content (AvgIpc) is 2.73. The molecule has 0 atom stereocenters. The second-order valence-electron chi connectivity index (χ2n) is 7.00. The minimum Gasteiger partial charge on any atom is -0.493 e. The molecule has 1 heterocycles. The van der Waals surface area contributed by atoms with Crippen LogP contribution in [0.1, 0.15) is 40.5 Å². The van der Waals surface area contributed by atoms with Gasteiger partial charge in [0.1, 0.15) is 5.82 Å². The molecule has 1 aliphatic rings. The number of carbonyl (C=O) groups is 2. The molecule has 29 heavy (non-hydrogen) atoms. The highest BCUT2D eigenvalue weighted by Gasteiger charge is 2.25. The molecule has 0 aromatic heterocycles. The van der Waals surface area contributed by atoms with E-state index >= 15 is 0 Å². The summed E-state index contributed by atoms with van der Waals surface area (Å²) in [5, 5.41) is 3.27. The summed E-state index contributed by atoms with van der Waals surface area (Å²) >= 11 is 0. The number of benzene rings is 2. The number of hydrogen-bond acceptors (Lipinski definition) is 5. The Morgan fingerprint density at radius 1 is 1.07 bits per heavy atom. The first-order valence-corrected chi connectivity index (χ1v) is 9.52. The quantitative estimate of drug-likeness (QED) is 0.748. The molecule has 7 heteroatoms. The number of likely N-dealkylation sites (tertiary alicyclic amines) is 1. The molecule has 0 aliphatic carbocycles. The molecule has 1 N–H and O–H groups in total. The number of piperidine rings is 1. The number of amides is 1. The molecule has 2 aromatic carbocycles. The monoisotopic (exact) mass is 400 g/mol. The van der Waals surface area contributed by atoms with Crippen LogP contribution in [0.5, 0.6) is 11.5 Å². The summed E-state index contributed by atoms with van der Waals surface area (Å²) in [6.07, 6.45) is 1.40. The summed E-state index contributed by atoms with van der Waals surface area (Å²) in [7, 11) is 3.08. The van der Waals surface area contributed by atoms with E-state index in [1.54, 1.807) is 42.3 Å². The molecule has 1 amide bonds. The number of Topliss-reactive ketones (excluding diaryl/α,β-unsaturated/α-hetero) is 1. The summed E-state index contributed by atoms with van der Waals surface area (Å²) in [6.45, 7) is 2.49. The number of halogens is 1. The molecule has 0 saturated carbocycles. The highest BCUT2D eigenvalue weighted by Crippen LogP contribution is 2.29. The van der Waals surface area contributed by atoms with Crippen LogP contribution in [0.4, 0.5) is 10.1 Å². The molecule has 0 unspecified atom stereocenters. The number of methoxy groups -OCH3 is 2. The van der Waals surface area contributed by atoms with Gasteiger partial charge < -0.3 is 19.7 Å². The number of carbonyl (C=O) groups excluding carboxylic acids is 2. The Bertz CT molecular complexity index is 908. The lowest BCUT2D eigenvalue weighted by Crippen LogP contribution is -2.42. The smallest absolute Gasteiger partial charge is 0.253 e. The zero-order valence-electron chi connectivity index (χ0n) is 16.8. The van der Waals surface area contributed by atoms with Gasteiger partial charge in [0.25, 0.3) is 5.91 Å². The number of rotatable bonds is 6. The van der Waals surface area contributed by atoms with Crippen LogP contribution in [0.2, 0.25) is 0 Å². The van der Waals surface area contributed by atoms with Crippen molar-refractivity contribution in [2.75, 3.05) is 32.6 Å². The number of ketones is 1. The van der Waals surface area contributed by atoms with E-state index in [2.05, 4.69) is 5.32 Å². The molecule has 154 valence electrons. The molecule has 0 spiro atoms. The van der Waals surface area contributed by atoms with Crippen LogP contribution < -0.4 is 14.8 Å². The number of anilines is 1. The fraction of sp³-hybridized carbons (Fsp3) is 0.364. The van der Waals surface area contributed by atoms with Crippen LogP contribution in [0.15, 0.2) is 36.4 Å². The largest absolute Gasteiger partial charge is 0.493 e. The van der Waals surface area contributed by atoms with Gasteiger partial charge in [-0.15, -0.1) is 0 Å². The predicted molar refractivity (Wildman–Crippen MR) is 108 cm³/mol. The van der Waals surface area contributed by atoms with Gasteiger partial charge in [-0.1, -0.05) is 6.07 Å². The lowest BCUT2D eigenvalue weighted by molar-refractivity contribution is 0.0718. The fourth-order valence-corrected chi connectivity index (χ4v) is 3.60. The summed E-state index contributed by atoms with van der Waals surface area (Å²) in [6, 6.07) is 9.75. The van der Waals surface area contributed by atoms with Crippen molar-refractivity contribution in [1.82, 2.24) is 4.90 Å². The van der Waals surface area contributed by atoms with E-state index in [1.807, 2.05) is 0 Å². The maximum absolute atomic E-state index is 14.0. The van der Waals surface area contributed by atoms with Gasteiger partial charge in [-0.05, 0) is 50.1 Å². The van der Waals surface area contributed by atoms with E-state index in [1.165, 1.54) is 20.1 Å². The first-order chi connectivity index (χ1) is 13.9. The molecule has 1 aliphatic heterocycles. The third kappa shape index (κ3) is 4.50. The highest BCUT2D eigenvalue weighted by molar-refractivity contribution is 6.00. The SMILES string of the molecule is COc1ccc(C(=O)N2CCC(Nc3cccc(F)c3C(C)=O)CC2)cc1OC. The van der Waals surface area contributed by atoms with Gasteiger partial charge in [0.2, 0.25) is 0 Å². The van der Waals surface area contributed by atoms with Crippen molar-refractivity contribution in [2.24, 2.45) is 0 Å². The molecule has 6 nitrogen and oxygen atoms in total. The van der Waals surface area contributed by atoms with E-state index in [0.717, 1.165) is 0 Å². The first-order valence-electron chi connectivity index (χ1n) is 9.52. The van der Waals surface area contributed by atoms with E-state index in [9.17, 15) is 14.0 Å². The van der Waals surface area contributed by atoms with E-state index < -0.39 is 5.82 Å². The Balaban J connectivity index is 1.65. The van der Waals surface area contributed by atoms with Crippen molar-refractivity contribution in [2.45, 2.75) is 25.8 Å². The molecule has 0 radical (unpaired) electrons. The fourth-order valence-electron chi connectivity index (χ4n) is 3.60. The molecule has 1 saturated heterocycles. The van der Waals surface area contributed by atoms with Gasteiger partial charge in [0.05, 0.1) is 19.8 Å². The third-order valence-electron chi connectivity index (χ3n) is 5.14. The molecule has 1 fully saturated rings. The minimum absolute atomic E-state index is 0.0596. The molecule has 2 aromatic rings. The number of nitrogens with zero attached hydrogens (tertiary/aromatic N) is 1. The van der Waals surface area contributed by atoms with E-state index in [-0.39, 0.29) is 23.3 Å². The second kappa shape index (κ2) is 8.94. The topological polar surface area (TPSA) is 67.9 Å². The summed E-state index contributed by atoms with van der Waals surface area (Å²) < 4.78 is 24.5. The Hall–Kier alpha value is -3.09. The van der Waals surface area contributed by atoms with Crippen molar-refractivity contribution >= 4 is 17.4 Å².